The summed E-state index contributed by atoms with van der Waals surface area (Å²) < 4.78 is 0. The Labute approximate surface area is 113 Å². The van der Waals surface area contributed by atoms with Crippen molar-refractivity contribution in [2.24, 2.45) is 5.92 Å². The molecule has 0 aromatic rings. The second-order valence-corrected chi connectivity index (χ2v) is 5.96. The Morgan fingerprint density at radius 2 is 2.00 bits per heavy atom. The van der Waals surface area contributed by atoms with E-state index in [2.05, 4.69) is 44.1 Å². The van der Waals surface area contributed by atoms with Crippen LogP contribution in [0.1, 0.15) is 40.0 Å². The molecule has 0 bridgehead atoms. The third-order valence-electron chi connectivity index (χ3n) is 3.97. The summed E-state index contributed by atoms with van der Waals surface area (Å²) in [4.78, 5) is 2.51. The van der Waals surface area contributed by atoms with E-state index < -0.39 is 0 Å². The van der Waals surface area contributed by atoms with Gasteiger partial charge in [-0.3, -0.25) is 4.90 Å². The van der Waals surface area contributed by atoms with Gasteiger partial charge in [0.1, 0.15) is 0 Å². The maximum absolute atomic E-state index is 3.99. The molecule has 0 spiro atoms. The summed E-state index contributed by atoms with van der Waals surface area (Å²) in [5.41, 5.74) is 1.27. The highest BCUT2D eigenvalue weighted by Crippen LogP contribution is 2.15. The first kappa shape index (κ1) is 15.5. The van der Waals surface area contributed by atoms with Gasteiger partial charge in [0.25, 0.3) is 0 Å². The van der Waals surface area contributed by atoms with Gasteiger partial charge in [0, 0.05) is 18.6 Å². The van der Waals surface area contributed by atoms with Gasteiger partial charge >= 0.3 is 0 Å². The first-order valence-corrected chi connectivity index (χ1v) is 7.26. The largest absolute Gasteiger partial charge is 0.311 e. The van der Waals surface area contributed by atoms with Crippen LogP contribution in [0.5, 0.6) is 0 Å². The monoisotopic (exact) mass is 250 g/mol. The molecule has 1 aliphatic heterocycles. The van der Waals surface area contributed by atoms with Gasteiger partial charge in [-0.15, -0.1) is 6.58 Å². The fourth-order valence-electron chi connectivity index (χ4n) is 2.64. The second-order valence-electron chi connectivity index (χ2n) is 5.96. The number of piperidine rings is 1. The number of likely N-dealkylation sites (tertiary alicyclic amines) is 1. The molecule has 0 radical (unpaired) electrons. The normalized spacial score (nSPS) is 21.5. The summed E-state index contributed by atoms with van der Waals surface area (Å²) in [6.45, 7) is 18.0. The van der Waals surface area contributed by atoms with Gasteiger partial charge in [0.2, 0.25) is 0 Å². The molecule has 1 saturated heterocycles. The van der Waals surface area contributed by atoms with Crippen molar-refractivity contribution in [2.45, 2.75) is 52.1 Å². The first-order valence-electron chi connectivity index (χ1n) is 7.26. The van der Waals surface area contributed by atoms with Crippen LogP contribution in [0.15, 0.2) is 24.8 Å². The molecule has 2 atom stereocenters. The van der Waals surface area contributed by atoms with Crippen LogP contribution in [-0.4, -0.2) is 36.6 Å². The summed E-state index contributed by atoms with van der Waals surface area (Å²) in [5.74, 6) is 0.677. The lowest BCUT2D eigenvalue weighted by atomic mass is 9.96. The van der Waals surface area contributed by atoms with Crippen LogP contribution < -0.4 is 5.32 Å². The lowest BCUT2D eigenvalue weighted by Gasteiger charge is -2.35. The molecule has 0 aromatic heterocycles. The zero-order valence-corrected chi connectivity index (χ0v) is 12.4. The molecule has 2 nitrogen and oxygen atoms in total. The molecule has 0 amide bonds. The molecular weight excluding hydrogens is 220 g/mol. The molecule has 0 saturated carbocycles. The average Bonchev–Trinajstić information content (AvgIpc) is 2.31. The van der Waals surface area contributed by atoms with Crippen LogP contribution in [0.2, 0.25) is 0 Å². The SMILES string of the molecule is C=CC[C@@H](C)[C@@H](C)NC1CCN(CC(=C)C)CC1. The minimum atomic E-state index is 0.584. The summed E-state index contributed by atoms with van der Waals surface area (Å²) in [5, 5.41) is 3.78. The van der Waals surface area contributed by atoms with Gasteiger partial charge in [0.05, 0.1) is 0 Å². The van der Waals surface area contributed by atoms with Gasteiger partial charge in [-0.25, -0.2) is 0 Å². The van der Waals surface area contributed by atoms with E-state index in [0.29, 0.717) is 18.0 Å². The molecule has 2 heteroatoms. The average molecular weight is 250 g/mol. The molecule has 1 rings (SSSR count). The van der Waals surface area contributed by atoms with E-state index in [-0.39, 0.29) is 0 Å². The molecule has 1 N–H and O–H groups in total. The van der Waals surface area contributed by atoms with Crippen molar-refractivity contribution in [1.29, 1.82) is 0 Å². The van der Waals surface area contributed by atoms with Crippen LogP contribution in [0.4, 0.5) is 0 Å². The van der Waals surface area contributed by atoms with Crippen molar-refractivity contribution in [3.05, 3.63) is 24.8 Å². The molecule has 0 aromatic carbocycles. The number of nitrogens with zero attached hydrogens (tertiary/aromatic N) is 1. The van der Waals surface area contributed by atoms with Gasteiger partial charge < -0.3 is 5.32 Å². The Balaban J connectivity index is 2.26. The Hall–Kier alpha value is -0.600. The molecule has 0 unspecified atom stereocenters. The summed E-state index contributed by atoms with van der Waals surface area (Å²) in [6, 6.07) is 1.27. The van der Waals surface area contributed by atoms with E-state index in [4.69, 9.17) is 0 Å². The standard InChI is InChI=1S/C16H30N2/c1-6-7-14(4)15(5)17-16-8-10-18(11-9-16)12-13(2)3/h6,14-17H,1-2,7-12H2,3-5H3/t14-,15-/m1/s1. The third kappa shape index (κ3) is 5.36. The second kappa shape index (κ2) is 7.75. The summed E-state index contributed by atoms with van der Waals surface area (Å²) in [6.07, 6.45) is 5.65. The van der Waals surface area contributed by atoms with Crippen molar-refractivity contribution in [1.82, 2.24) is 10.2 Å². The van der Waals surface area contributed by atoms with Crippen molar-refractivity contribution >= 4 is 0 Å². The highest BCUT2D eigenvalue weighted by atomic mass is 15.1. The van der Waals surface area contributed by atoms with E-state index in [1.165, 1.54) is 31.5 Å². The van der Waals surface area contributed by atoms with Crippen molar-refractivity contribution in [3.63, 3.8) is 0 Å². The maximum Gasteiger partial charge on any atom is 0.0187 e. The van der Waals surface area contributed by atoms with E-state index >= 15 is 0 Å². The number of hydrogen-bond acceptors (Lipinski definition) is 2. The van der Waals surface area contributed by atoms with Crippen molar-refractivity contribution < 1.29 is 0 Å². The quantitative estimate of drug-likeness (QED) is 0.698. The third-order valence-corrected chi connectivity index (χ3v) is 3.97. The van der Waals surface area contributed by atoms with Crippen LogP contribution in [0.3, 0.4) is 0 Å². The molecule has 0 aliphatic carbocycles. The lowest BCUT2D eigenvalue weighted by Crippen LogP contribution is -2.47. The molecule has 104 valence electrons. The molecule has 1 fully saturated rings. The van der Waals surface area contributed by atoms with E-state index in [9.17, 15) is 0 Å². The van der Waals surface area contributed by atoms with Crippen LogP contribution in [-0.2, 0) is 0 Å². The number of rotatable bonds is 7. The van der Waals surface area contributed by atoms with Crippen molar-refractivity contribution in [3.8, 4) is 0 Å². The zero-order valence-electron chi connectivity index (χ0n) is 12.4. The van der Waals surface area contributed by atoms with Crippen LogP contribution >= 0.6 is 0 Å². The molecule has 1 aliphatic rings. The van der Waals surface area contributed by atoms with Gasteiger partial charge in [-0.2, -0.15) is 0 Å². The van der Waals surface area contributed by atoms with Crippen LogP contribution in [0, 0.1) is 5.92 Å². The topological polar surface area (TPSA) is 15.3 Å². The van der Waals surface area contributed by atoms with E-state index in [1.54, 1.807) is 0 Å². The zero-order chi connectivity index (χ0) is 13.5. The molecule has 1 heterocycles. The molecule has 18 heavy (non-hydrogen) atoms. The Morgan fingerprint density at radius 1 is 1.39 bits per heavy atom. The minimum Gasteiger partial charge on any atom is -0.311 e. The first-order chi connectivity index (χ1) is 8.52. The number of allylic oxidation sites excluding steroid dienone is 1. The summed E-state index contributed by atoms with van der Waals surface area (Å²) >= 11 is 0. The Bertz CT molecular complexity index is 264. The van der Waals surface area contributed by atoms with E-state index in [0.717, 1.165) is 13.0 Å². The predicted octanol–water partition coefficient (Wildman–Crippen LogP) is 3.22. The van der Waals surface area contributed by atoms with E-state index in [1.807, 2.05) is 6.08 Å². The smallest absolute Gasteiger partial charge is 0.0187 e. The number of hydrogen-bond donors (Lipinski definition) is 1. The minimum absolute atomic E-state index is 0.584. The van der Waals surface area contributed by atoms with Gasteiger partial charge in [-0.1, -0.05) is 25.2 Å². The Kier molecular flexibility index (Phi) is 6.66. The summed E-state index contributed by atoms with van der Waals surface area (Å²) in [7, 11) is 0. The molecular formula is C16H30N2. The fraction of sp³-hybridized carbons (Fsp3) is 0.750. The maximum atomic E-state index is 3.99. The van der Waals surface area contributed by atoms with Crippen molar-refractivity contribution in [2.75, 3.05) is 19.6 Å². The number of nitrogens with one attached hydrogen (secondary N) is 1. The van der Waals surface area contributed by atoms with Gasteiger partial charge in [-0.05, 0) is 52.1 Å². The highest BCUT2D eigenvalue weighted by Gasteiger charge is 2.21. The predicted molar refractivity (Wildman–Crippen MR) is 80.9 cm³/mol. The highest BCUT2D eigenvalue weighted by molar-refractivity contribution is 4.93. The lowest BCUT2D eigenvalue weighted by molar-refractivity contribution is 0.197. The fourth-order valence-corrected chi connectivity index (χ4v) is 2.64. The Morgan fingerprint density at radius 3 is 2.50 bits per heavy atom. The van der Waals surface area contributed by atoms with Gasteiger partial charge in [0.15, 0.2) is 0 Å². The van der Waals surface area contributed by atoms with Crippen LogP contribution in [0.25, 0.3) is 0 Å².